The number of amides is 1. The molecule has 0 bridgehead atoms. The predicted octanol–water partition coefficient (Wildman–Crippen LogP) is 5.26. The average Bonchev–Trinajstić information content (AvgIpc) is 3.83. The van der Waals surface area contributed by atoms with Crippen molar-refractivity contribution in [3.8, 4) is 17.3 Å². The minimum Gasteiger partial charge on any atom is -0.461 e. The number of fused-ring (bicyclic) bond motifs is 2. The van der Waals surface area contributed by atoms with Crippen LogP contribution in [0.3, 0.4) is 0 Å². The topological polar surface area (TPSA) is 131 Å². The van der Waals surface area contributed by atoms with Crippen LogP contribution in [-0.4, -0.2) is 102 Å². The van der Waals surface area contributed by atoms with E-state index in [9.17, 15) is 22.4 Å². The SMILES string of the molecule is Cc1cc(N)nc(-c2c(Cl)cc3c(N4CCC5(CCN5C(=O)n5cncn5)C4)nc(OC[C@@]45CCCN4C[C@H](F)C5)nc3c2F)c1C(F)(F)F. The smallest absolute Gasteiger partial charge is 0.418 e. The molecule has 0 aliphatic carbocycles. The van der Waals surface area contributed by atoms with Gasteiger partial charge in [0.25, 0.3) is 0 Å². The van der Waals surface area contributed by atoms with Gasteiger partial charge >= 0.3 is 18.2 Å². The predicted molar refractivity (Wildman–Crippen MR) is 172 cm³/mol. The Morgan fingerprint density at radius 1 is 1.14 bits per heavy atom. The number of alkyl halides is 4. The normalized spacial score (nSPS) is 25.1. The standard InChI is InChI=1S/C32H32ClF5N10O2/c1-17-9-21(39)42-26(23(17)32(36,37)38)22-20(33)10-19-25(24(22)35)43-28(50-14-31-3-2-6-46(31)12-18(34)11-31)44-27(19)45-7-4-30(13-45)5-8-47(30)29(49)48-16-40-15-41-48/h9-10,15-16,18H,2-8,11-14H2,1H3,(H2,39,42)/t18-,30?,31+/m1/s1. The molecule has 4 aromatic rings. The van der Waals surface area contributed by atoms with E-state index in [4.69, 9.17) is 27.1 Å². The number of aromatic nitrogens is 6. The number of aryl methyl sites for hydroxylation is 1. The molecule has 12 nitrogen and oxygen atoms in total. The lowest BCUT2D eigenvalue weighted by molar-refractivity contribution is -0.137. The number of nitrogens with two attached hydrogens (primary N) is 1. The Labute approximate surface area is 287 Å². The Kier molecular flexibility index (Phi) is 7.60. The largest absolute Gasteiger partial charge is 0.461 e. The number of rotatable bonds is 5. The quantitative estimate of drug-likeness (QED) is 0.273. The van der Waals surface area contributed by atoms with Crippen LogP contribution in [0, 0.1) is 12.7 Å². The molecular formula is C32H32ClF5N10O2. The number of carbonyl (C=O) groups excluding carboxylic acids is 1. The van der Waals surface area contributed by atoms with Crippen molar-refractivity contribution in [1.29, 1.82) is 0 Å². The van der Waals surface area contributed by atoms with Gasteiger partial charge in [-0.25, -0.2) is 23.5 Å². The second kappa shape index (κ2) is 11.6. The molecule has 50 heavy (non-hydrogen) atoms. The number of benzene rings is 1. The fraction of sp³-hybridized carbons (Fsp3) is 0.500. The van der Waals surface area contributed by atoms with Crippen LogP contribution in [0.2, 0.25) is 5.02 Å². The number of anilines is 2. The molecule has 4 saturated heterocycles. The number of likely N-dealkylation sites (tertiary alicyclic amines) is 1. The number of carbonyl (C=O) groups is 1. The van der Waals surface area contributed by atoms with E-state index >= 15 is 4.39 Å². The Morgan fingerprint density at radius 2 is 1.94 bits per heavy atom. The first-order valence-corrected chi connectivity index (χ1v) is 16.6. The van der Waals surface area contributed by atoms with Crippen LogP contribution in [0.15, 0.2) is 24.8 Å². The van der Waals surface area contributed by atoms with Gasteiger partial charge in [-0.05, 0) is 56.8 Å². The number of pyridine rings is 1. The third-order valence-corrected chi connectivity index (χ3v) is 11.0. The second-order valence-corrected chi connectivity index (χ2v) is 14.1. The third-order valence-electron chi connectivity index (χ3n) is 10.7. The summed E-state index contributed by atoms with van der Waals surface area (Å²) in [5.41, 5.74) is 1.56. The molecule has 18 heteroatoms. The molecule has 8 rings (SSSR count). The zero-order valence-corrected chi connectivity index (χ0v) is 27.6. The van der Waals surface area contributed by atoms with Crippen LogP contribution in [-0.2, 0) is 6.18 Å². The number of hydrogen-bond acceptors (Lipinski definition) is 10. The van der Waals surface area contributed by atoms with Crippen molar-refractivity contribution in [2.75, 3.05) is 50.0 Å². The molecule has 1 spiro atoms. The van der Waals surface area contributed by atoms with E-state index in [1.54, 1.807) is 4.90 Å². The Hall–Kier alpha value is -4.38. The summed E-state index contributed by atoms with van der Waals surface area (Å²) in [6, 6.07) is 1.82. The van der Waals surface area contributed by atoms with Crippen LogP contribution in [0.5, 0.6) is 6.01 Å². The summed E-state index contributed by atoms with van der Waals surface area (Å²) >= 11 is 6.62. The maximum atomic E-state index is 16.8. The molecule has 1 aromatic carbocycles. The van der Waals surface area contributed by atoms with Crippen LogP contribution in [0.1, 0.15) is 43.2 Å². The van der Waals surface area contributed by atoms with E-state index < -0.39 is 46.1 Å². The zero-order chi connectivity index (χ0) is 35.2. The molecule has 4 aliphatic rings. The average molecular weight is 719 g/mol. The molecule has 3 aromatic heterocycles. The van der Waals surface area contributed by atoms with Crippen molar-refractivity contribution in [1.82, 2.24) is 39.5 Å². The fourth-order valence-electron chi connectivity index (χ4n) is 8.30. The molecule has 1 unspecified atom stereocenters. The van der Waals surface area contributed by atoms with E-state index in [1.165, 1.54) is 25.6 Å². The van der Waals surface area contributed by atoms with Crippen molar-refractivity contribution in [3.63, 3.8) is 0 Å². The highest BCUT2D eigenvalue weighted by atomic mass is 35.5. The van der Waals surface area contributed by atoms with Gasteiger partial charge in [0.15, 0.2) is 5.82 Å². The molecule has 3 atom stereocenters. The molecule has 0 saturated carbocycles. The summed E-state index contributed by atoms with van der Waals surface area (Å²) in [7, 11) is 0. The summed E-state index contributed by atoms with van der Waals surface area (Å²) in [6.45, 7) is 3.48. The first kappa shape index (κ1) is 32.8. The number of nitrogen functional groups attached to an aromatic ring is 1. The van der Waals surface area contributed by atoms with Gasteiger partial charge in [-0.3, -0.25) is 4.90 Å². The molecule has 4 aliphatic heterocycles. The minimum atomic E-state index is -4.90. The number of hydrogen-bond donors (Lipinski definition) is 1. The monoisotopic (exact) mass is 718 g/mol. The van der Waals surface area contributed by atoms with Gasteiger partial charge in [-0.1, -0.05) is 11.6 Å². The Morgan fingerprint density at radius 3 is 2.66 bits per heavy atom. The summed E-state index contributed by atoms with van der Waals surface area (Å²) in [4.78, 5) is 35.7. The van der Waals surface area contributed by atoms with Gasteiger partial charge in [0.05, 0.1) is 32.9 Å². The summed E-state index contributed by atoms with van der Waals surface area (Å²) in [5.74, 6) is -1.17. The second-order valence-electron chi connectivity index (χ2n) is 13.6. The van der Waals surface area contributed by atoms with Gasteiger partial charge in [0.2, 0.25) is 0 Å². The lowest BCUT2D eigenvalue weighted by atomic mass is 9.84. The van der Waals surface area contributed by atoms with Crippen LogP contribution < -0.4 is 15.4 Å². The molecule has 0 radical (unpaired) electrons. The van der Waals surface area contributed by atoms with Crippen LogP contribution in [0.4, 0.5) is 38.4 Å². The van der Waals surface area contributed by atoms with Gasteiger partial charge in [0, 0.05) is 38.0 Å². The van der Waals surface area contributed by atoms with Gasteiger partial charge in [0.1, 0.15) is 42.6 Å². The number of ether oxygens (including phenoxy) is 1. The Balaban J connectivity index is 1.23. The van der Waals surface area contributed by atoms with Gasteiger partial charge < -0.3 is 20.3 Å². The highest BCUT2D eigenvalue weighted by molar-refractivity contribution is 6.34. The van der Waals surface area contributed by atoms with E-state index in [0.717, 1.165) is 23.7 Å². The van der Waals surface area contributed by atoms with E-state index in [0.29, 0.717) is 38.9 Å². The Bertz CT molecular complexity index is 2020. The van der Waals surface area contributed by atoms with Gasteiger partial charge in [-0.2, -0.15) is 32.9 Å². The molecule has 4 fully saturated rings. The maximum absolute atomic E-state index is 16.8. The number of halogens is 6. The lowest BCUT2D eigenvalue weighted by Gasteiger charge is -2.50. The molecule has 264 valence electrons. The van der Waals surface area contributed by atoms with Crippen molar-refractivity contribution in [3.05, 3.63) is 46.8 Å². The lowest BCUT2D eigenvalue weighted by Crippen LogP contribution is -2.64. The van der Waals surface area contributed by atoms with E-state index in [1.807, 2.05) is 9.80 Å². The van der Waals surface area contributed by atoms with E-state index in [-0.39, 0.29) is 64.7 Å². The van der Waals surface area contributed by atoms with Crippen LogP contribution >= 0.6 is 11.6 Å². The molecular weight excluding hydrogens is 687 g/mol. The molecule has 2 N–H and O–H groups in total. The summed E-state index contributed by atoms with van der Waals surface area (Å²) < 4.78 is 81.7. The summed E-state index contributed by atoms with van der Waals surface area (Å²) in [5, 5.41) is 3.75. The fourth-order valence-corrected chi connectivity index (χ4v) is 8.58. The highest BCUT2D eigenvalue weighted by Gasteiger charge is 2.53. The molecule has 1 amide bonds. The minimum absolute atomic E-state index is 0.0404. The zero-order valence-electron chi connectivity index (χ0n) is 26.9. The molecule has 7 heterocycles. The van der Waals surface area contributed by atoms with Crippen molar-refractivity contribution >= 4 is 40.2 Å². The van der Waals surface area contributed by atoms with E-state index in [2.05, 4.69) is 20.1 Å². The summed E-state index contributed by atoms with van der Waals surface area (Å²) in [6.07, 6.45) is -0.234. The van der Waals surface area contributed by atoms with Crippen LogP contribution in [0.25, 0.3) is 22.2 Å². The first-order chi connectivity index (χ1) is 23.8. The third kappa shape index (κ3) is 5.18. The maximum Gasteiger partial charge on any atom is 0.418 e. The number of nitrogens with zero attached hydrogens (tertiary/aromatic N) is 9. The first-order valence-electron chi connectivity index (χ1n) is 16.3. The van der Waals surface area contributed by atoms with Crippen molar-refractivity contribution in [2.24, 2.45) is 0 Å². The van der Waals surface area contributed by atoms with Crippen molar-refractivity contribution in [2.45, 2.75) is 62.5 Å². The highest BCUT2D eigenvalue weighted by Crippen LogP contribution is 2.47. The van der Waals surface area contributed by atoms with Crippen molar-refractivity contribution < 1.29 is 31.5 Å². The van der Waals surface area contributed by atoms with Gasteiger partial charge in [-0.15, -0.1) is 0 Å².